The Labute approximate surface area is 105 Å². The molecule has 1 saturated carbocycles. The van der Waals surface area contributed by atoms with Crippen molar-refractivity contribution in [2.75, 3.05) is 0 Å². The lowest BCUT2D eigenvalue weighted by atomic mass is 9.96. The van der Waals surface area contributed by atoms with Crippen LogP contribution in [0.2, 0.25) is 0 Å². The third-order valence-electron chi connectivity index (χ3n) is 3.27. The van der Waals surface area contributed by atoms with Crippen molar-refractivity contribution in [1.29, 1.82) is 0 Å². The van der Waals surface area contributed by atoms with Gasteiger partial charge < -0.3 is 4.42 Å². The van der Waals surface area contributed by atoms with E-state index in [1.807, 2.05) is 25.1 Å². The zero-order valence-corrected chi connectivity index (χ0v) is 10.3. The summed E-state index contributed by atoms with van der Waals surface area (Å²) in [6.07, 6.45) is 2.13. The molecule has 3 nitrogen and oxygen atoms in total. The van der Waals surface area contributed by atoms with Gasteiger partial charge in [-0.3, -0.25) is 0 Å². The molecule has 0 saturated heterocycles. The molecule has 0 aliphatic heterocycles. The van der Waals surface area contributed by atoms with Gasteiger partial charge in [-0.2, -0.15) is 0 Å². The van der Waals surface area contributed by atoms with E-state index in [9.17, 15) is 0 Å². The third kappa shape index (κ3) is 1.75. The molecule has 0 radical (unpaired) electrons. The molecule has 1 unspecified atom stereocenters. The van der Waals surface area contributed by atoms with E-state index >= 15 is 0 Å². The molecule has 1 aromatic carbocycles. The Kier molecular flexibility index (Phi) is 2.44. The number of nitrogens with zero attached hydrogens (tertiary/aromatic N) is 2. The molecule has 1 atom stereocenters. The Bertz CT molecular complexity index is 517. The second kappa shape index (κ2) is 3.84. The van der Waals surface area contributed by atoms with Crippen LogP contribution < -0.4 is 0 Å². The Morgan fingerprint density at radius 1 is 1.24 bits per heavy atom. The summed E-state index contributed by atoms with van der Waals surface area (Å²) in [6.45, 7) is 1.83. The van der Waals surface area contributed by atoms with Crippen molar-refractivity contribution in [2.45, 2.75) is 30.6 Å². The van der Waals surface area contributed by atoms with Crippen molar-refractivity contribution in [1.82, 2.24) is 10.2 Å². The van der Waals surface area contributed by atoms with Crippen LogP contribution in [0.15, 0.2) is 34.7 Å². The first-order chi connectivity index (χ1) is 8.22. The zero-order chi connectivity index (χ0) is 11.9. The van der Waals surface area contributed by atoms with E-state index in [-0.39, 0.29) is 10.8 Å². The molecule has 0 spiro atoms. The minimum atomic E-state index is -0.233. The van der Waals surface area contributed by atoms with Gasteiger partial charge in [0.1, 0.15) is 5.38 Å². The van der Waals surface area contributed by atoms with Gasteiger partial charge in [0.05, 0.1) is 5.41 Å². The summed E-state index contributed by atoms with van der Waals surface area (Å²) in [6, 6.07) is 10.3. The second-order valence-corrected chi connectivity index (χ2v) is 5.16. The summed E-state index contributed by atoms with van der Waals surface area (Å²) in [5.41, 5.74) is 1.19. The summed E-state index contributed by atoms with van der Waals surface area (Å²) in [5.74, 6) is 1.20. The van der Waals surface area contributed by atoms with Crippen LogP contribution in [0.1, 0.15) is 42.5 Å². The van der Waals surface area contributed by atoms with Crippen LogP contribution in [0.25, 0.3) is 0 Å². The van der Waals surface area contributed by atoms with Crippen molar-refractivity contribution in [3.8, 4) is 0 Å². The lowest BCUT2D eigenvalue weighted by Crippen LogP contribution is -2.08. The number of rotatable bonds is 3. The fraction of sp³-hybridized carbons (Fsp3) is 0.385. The monoisotopic (exact) mass is 248 g/mol. The first-order valence-electron chi connectivity index (χ1n) is 5.76. The molecule has 4 heteroatoms. The molecule has 88 valence electrons. The van der Waals surface area contributed by atoms with Crippen molar-refractivity contribution in [3.63, 3.8) is 0 Å². The normalized spacial score (nSPS) is 18.9. The maximum Gasteiger partial charge on any atom is 0.234 e. The lowest BCUT2D eigenvalue weighted by Gasteiger charge is -2.10. The highest BCUT2D eigenvalue weighted by molar-refractivity contribution is 6.20. The van der Waals surface area contributed by atoms with Gasteiger partial charge in [-0.25, -0.2) is 0 Å². The van der Waals surface area contributed by atoms with Crippen LogP contribution in [0, 0.1) is 0 Å². The van der Waals surface area contributed by atoms with E-state index in [1.54, 1.807) is 0 Å². The first kappa shape index (κ1) is 10.8. The predicted molar refractivity (Wildman–Crippen MR) is 65.0 cm³/mol. The van der Waals surface area contributed by atoms with Gasteiger partial charge in [-0.05, 0) is 25.3 Å². The molecule has 1 aromatic heterocycles. The SMILES string of the molecule is CC(Cl)c1nnc(C2(c3ccccc3)CC2)o1. The van der Waals surface area contributed by atoms with E-state index in [2.05, 4.69) is 22.3 Å². The summed E-state index contributed by atoms with van der Waals surface area (Å²) < 4.78 is 5.67. The smallest absolute Gasteiger partial charge is 0.234 e. The van der Waals surface area contributed by atoms with Gasteiger partial charge in [0.25, 0.3) is 0 Å². The van der Waals surface area contributed by atoms with Crippen LogP contribution in [0.5, 0.6) is 0 Å². The highest BCUT2D eigenvalue weighted by atomic mass is 35.5. The molecule has 1 fully saturated rings. The van der Waals surface area contributed by atoms with Gasteiger partial charge in [0, 0.05) is 0 Å². The van der Waals surface area contributed by atoms with Gasteiger partial charge in [-0.15, -0.1) is 21.8 Å². The Hall–Kier alpha value is -1.35. The fourth-order valence-electron chi connectivity index (χ4n) is 2.10. The molecule has 0 amide bonds. The average Bonchev–Trinajstić information content (AvgIpc) is 3.00. The molecule has 0 bridgehead atoms. The zero-order valence-electron chi connectivity index (χ0n) is 9.56. The predicted octanol–water partition coefficient (Wildman–Crippen LogP) is 3.45. The maximum atomic E-state index is 5.94. The average molecular weight is 249 g/mol. The number of hydrogen-bond acceptors (Lipinski definition) is 3. The van der Waals surface area contributed by atoms with Gasteiger partial charge in [0.2, 0.25) is 11.8 Å². The molecule has 1 heterocycles. The topological polar surface area (TPSA) is 38.9 Å². The highest BCUT2D eigenvalue weighted by Crippen LogP contribution is 2.52. The highest BCUT2D eigenvalue weighted by Gasteiger charge is 2.50. The molecule has 0 N–H and O–H groups in total. The summed E-state index contributed by atoms with van der Waals surface area (Å²) in [5, 5.41) is 7.91. The molecular weight excluding hydrogens is 236 g/mol. The van der Waals surface area contributed by atoms with Crippen molar-refractivity contribution in [3.05, 3.63) is 47.7 Å². The van der Waals surface area contributed by atoms with Gasteiger partial charge in [-0.1, -0.05) is 30.3 Å². The van der Waals surface area contributed by atoms with Crippen LogP contribution in [0.3, 0.4) is 0 Å². The lowest BCUT2D eigenvalue weighted by molar-refractivity contribution is 0.426. The largest absolute Gasteiger partial charge is 0.423 e. The number of alkyl halides is 1. The number of benzene rings is 1. The Balaban J connectivity index is 1.98. The van der Waals surface area contributed by atoms with Crippen LogP contribution in [-0.4, -0.2) is 10.2 Å². The number of hydrogen-bond donors (Lipinski definition) is 0. The molecule has 3 rings (SSSR count). The minimum absolute atomic E-state index is 0.0573. The molecule has 1 aliphatic carbocycles. The number of halogens is 1. The maximum absolute atomic E-state index is 5.94. The summed E-state index contributed by atoms with van der Waals surface area (Å²) in [7, 11) is 0. The molecule has 2 aromatic rings. The van der Waals surface area contributed by atoms with Crippen LogP contribution in [-0.2, 0) is 5.41 Å². The summed E-state index contributed by atoms with van der Waals surface area (Å²) in [4.78, 5) is 0. The molecular formula is C13H13ClN2O. The second-order valence-electron chi connectivity index (χ2n) is 4.51. The van der Waals surface area contributed by atoms with Crippen LogP contribution >= 0.6 is 11.6 Å². The Morgan fingerprint density at radius 2 is 1.94 bits per heavy atom. The molecule has 17 heavy (non-hydrogen) atoms. The van der Waals surface area contributed by atoms with E-state index in [1.165, 1.54) is 5.56 Å². The van der Waals surface area contributed by atoms with E-state index in [0.29, 0.717) is 11.8 Å². The first-order valence-corrected chi connectivity index (χ1v) is 6.19. The molecule has 1 aliphatic rings. The van der Waals surface area contributed by atoms with Crippen molar-refractivity contribution < 1.29 is 4.42 Å². The van der Waals surface area contributed by atoms with Crippen molar-refractivity contribution in [2.24, 2.45) is 0 Å². The van der Waals surface area contributed by atoms with Gasteiger partial charge in [0.15, 0.2) is 0 Å². The van der Waals surface area contributed by atoms with Crippen LogP contribution in [0.4, 0.5) is 0 Å². The number of aromatic nitrogens is 2. The van der Waals surface area contributed by atoms with E-state index in [0.717, 1.165) is 12.8 Å². The van der Waals surface area contributed by atoms with Crippen molar-refractivity contribution >= 4 is 11.6 Å². The minimum Gasteiger partial charge on any atom is -0.423 e. The van der Waals surface area contributed by atoms with E-state index in [4.69, 9.17) is 16.0 Å². The summed E-state index contributed by atoms with van der Waals surface area (Å²) >= 11 is 5.94. The fourth-order valence-corrected chi connectivity index (χ4v) is 2.19. The third-order valence-corrected chi connectivity index (χ3v) is 3.45. The van der Waals surface area contributed by atoms with Gasteiger partial charge >= 0.3 is 0 Å². The van der Waals surface area contributed by atoms with E-state index < -0.39 is 0 Å². The standard InChI is InChI=1S/C13H13ClN2O/c1-9(14)11-15-16-12(17-11)13(7-8-13)10-5-3-2-4-6-10/h2-6,9H,7-8H2,1H3. The quantitative estimate of drug-likeness (QED) is 0.781. The Morgan fingerprint density at radius 3 is 2.47 bits per heavy atom.